The van der Waals surface area contributed by atoms with Crippen LogP contribution in [0.4, 0.5) is 4.79 Å². The van der Waals surface area contributed by atoms with Crippen molar-refractivity contribution >= 4 is 12.0 Å². The van der Waals surface area contributed by atoms with E-state index in [0.717, 1.165) is 6.42 Å². The number of carboxylic acids is 1. The zero-order valence-electron chi connectivity index (χ0n) is 10.4. The number of carbonyl (C=O) groups is 2. The maximum atomic E-state index is 11.9. The van der Waals surface area contributed by atoms with Gasteiger partial charge in [-0.25, -0.2) is 9.59 Å². The lowest BCUT2D eigenvalue weighted by molar-refractivity contribution is -0.143. The number of carboxylic acid groups (broad SMARTS) is 1. The van der Waals surface area contributed by atoms with Crippen LogP contribution in [-0.2, 0) is 9.53 Å². The van der Waals surface area contributed by atoms with Gasteiger partial charge in [-0.3, -0.25) is 0 Å². The van der Waals surface area contributed by atoms with Gasteiger partial charge >= 0.3 is 12.0 Å². The Morgan fingerprint density at radius 3 is 2.71 bits per heavy atom. The van der Waals surface area contributed by atoms with Crippen LogP contribution in [0.5, 0.6) is 0 Å². The molecule has 1 atom stereocenters. The minimum atomic E-state index is -1.20. The molecule has 1 aliphatic rings. The molecule has 1 saturated heterocycles. The quantitative estimate of drug-likeness (QED) is 0.765. The fourth-order valence-corrected chi connectivity index (χ4v) is 1.56. The maximum Gasteiger partial charge on any atom is 0.329 e. The highest BCUT2D eigenvalue weighted by atomic mass is 16.5. The van der Waals surface area contributed by atoms with E-state index in [1.807, 2.05) is 0 Å². The Balaban J connectivity index is 2.60. The molecule has 1 fully saturated rings. The first-order valence-electron chi connectivity index (χ1n) is 5.88. The van der Waals surface area contributed by atoms with E-state index < -0.39 is 11.5 Å². The molecule has 2 amide bonds. The van der Waals surface area contributed by atoms with E-state index in [2.05, 4.69) is 5.32 Å². The van der Waals surface area contributed by atoms with Gasteiger partial charge in [0.2, 0.25) is 0 Å². The SMILES string of the molecule is CCC(C)(NC(=O)N1CCCOCC1)C(=O)O. The standard InChI is InChI=1S/C11H20N2O4/c1-3-11(2,9(14)15)12-10(16)13-5-4-7-17-8-6-13/h3-8H2,1-2H3,(H,12,16)(H,14,15). The van der Waals surface area contributed by atoms with Crippen molar-refractivity contribution in [2.24, 2.45) is 0 Å². The number of ether oxygens (including phenoxy) is 1. The van der Waals surface area contributed by atoms with E-state index in [1.54, 1.807) is 11.8 Å². The molecule has 1 aliphatic heterocycles. The Morgan fingerprint density at radius 1 is 1.41 bits per heavy atom. The summed E-state index contributed by atoms with van der Waals surface area (Å²) in [5.74, 6) is -1.01. The second kappa shape index (κ2) is 5.86. The first kappa shape index (κ1) is 13.8. The van der Waals surface area contributed by atoms with Gasteiger partial charge in [-0.2, -0.15) is 0 Å². The van der Waals surface area contributed by atoms with Gasteiger partial charge in [0.1, 0.15) is 5.54 Å². The van der Waals surface area contributed by atoms with E-state index >= 15 is 0 Å². The van der Waals surface area contributed by atoms with Crippen LogP contribution in [0.15, 0.2) is 0 Å². The third kappa shape index (κ3) is 3.59. The van der Waals surface area contributed by atoms with Gasteiger partial charge in [-0.05, 0) is 19.8 Å². The predicted octanol–water partition coefficient (Wildman–Crippen LogP) is 0.672. The summed E-state index contributed by atoms with van der Waals surface area (Å²) in [6.07, 6.45) is 1.13. The molecular weight excluding hydrogens is 224 g/mol. The lowest BCUT2D eigenvalue weighted by Gasteiger charge is -2.29. The second-order valence-corrected chi connectivity index (χ2v) is 4.37. The van der Waals surface area contributed by atoms with E-state index in [1.165, 1.54) is 6.92 Å². The normalized spacial score (nSPS) is 20.2. The van der Waals surface area contributed by atoms with Gasteiger partial charge < -0.3 is 20.1 Å². The molecule has 17 heavy (non-hydrogen) atoms. The average Bonchev–Trinajstić information content (AvgIpc) is 2.57. The highest BCUT2D eigenvalue weighted by molar-refractivity contribution is 5.85. The van der Waals surface area contributed by atoms with Crippen LogP contribution in [0.25, 0.3) is 0 Å². The number of rotatable bonds is 3. The van der Waals surface area contributed by atoms with Gasteiger partial charge in [-0.1, -0.05) is 6.92 Å². The molecule has 1 unspecified atom stereocenters. The number of nitrogens with one attached hydrogen (secondary N) is 1. The summed E-state index contributed by atoms with van der Waals surface area (Å²) in [4.78, 5) is 24.6. The fourth-order valence-electron chi connectivity index (χ4n) is 1.56. The van der Waals surface area contributed by atoms with E-state index in [0.29, 0.717) is 32.7 Å². The topological polar surface area (TPSA) is 78.9 Å². The van der Waals surface area contributed by atoms with Crippen molar-refractivity contribution in [1.82, 2.24) is 10.2 Å². The molecule has 0 bridgehead atoms. The molecule has 0 saturated carbocycles. The summed E-state index contributed by atoms with van der Waals surface area (Å²) in [5.41, 5.74) is -1.20. The van der Waals surface area contributed by atoms with Crippen LogP contribution in [0.1, 0.15) is 26.7 Å². The highest BCUT2D eigenvalue weighted by Crippen LogP contribution is 2.10. The molecule has 0 radical (unpaired) electrons. The number of amides is 2. The smallest absolute Gasteiger partial charge is 0.329 e. The summed E-state index contributed by atoms with van der Waals surface area (Å²) < 4.78 is 5.24. The van der Waals surface area contributed by atoms with Crippen LogP contribution in [0, 0.1) is 0 Å². The number of carbonyl (C=O) groups excluding carboxylic acids is 1. The number of urea groups is 1. The number of nitrogens with zero attached hydrogens (tertiary/aromatic N) is 1. The molecule has 0 spiro atoms. The molecule has 98 valence electrons. The largest absolute Gasteiger partial charge is 0.480 e. The van der Waals surface area contributed by atoms with E-state index in [-0.39, 0.29) is 6.03 Å². The van der Waals surface area contributed by atoms with Crippen LogP contribution in [-0.4, -0.2) is 53.8 Å². The molecule has 0 aromatic heterocycles. The van der Waals surface area contributed by atoms with Crippen molar-refractivity contribution in [3.63, 3.8) is 0 Å². The first-order chi connectivity index (χ1) is 7.99. The lowest BCUT2D eigenvalue weighted by Crippen LogP contribution is -2.56. The zero-order valence-corrected chi connectivity index (χ0v) is 10.4. The van der Waals surface area contributed by atoms with Gasteiger partial charge in [0.15, 0.2) is 0 Å². The number of hydrogen-bond donors (Lipinski definition) is 2. The second-order valence-electron chi connectivity index (χ2n) is 4.37. The van der Waals surface area contributed by atoms with Crippen LogP contribution >= 0.6 is 0 Å². The minimum absolute atomic E-state index is 0.331. The van der Waals surface area contributed by atoms with Crippen molar-refractivity contribution in [2.45, 2.75) is 32.2 Å². The lowest BCUT2D eigenvalue weighted by atomic mass is 10.00. The van der Waals surface area contributed by atoms with E-state index in [4.69, 9.17) is 9.84 Å². The molecule has 6 heteroatoms. The van der Waals surface area contributed by atoms with Gasteiger partial charge in [0, 0.05) is 19.7 Å². The zero-order chi connectivity index (χ0) is 12.9. The molecular formula is C11H20N2O4. The van der Waals surface area contributed by atoms with Crippen molar-refractivity contribution in [3.8, 4) is 0 Å². The van der Waals surface area contributed by atoms with Crippen molar-refractivity contribution in [2.75, 3.05) is 26.3 Å². The highest BCUT2D eigenvalue weighted by Gasteiger charge is 2.34. The van der Waals surface area contributed by atoms with Crippen molar-refractivity contribution in [3.05, 3.63) is 0 Å². The summed E-state index contributed by atoms with van der Waals surface area (Å²) in [6.45, 7) is 5.51. The third-order valence-corrected chi connectivity index (χ3v) is 3.07. The Hall–Kier alpha value is -1.30. The Morgan fingerprint density at radius 2 is 2.12 bits per heavy atom. The third-order valence-electron chi connectivity index (χ3n) is 3.07. The molecule has 2 N–H and O–H groups in total. The maximum absolute atomic E-state index is 11.9. The van der Waals surface area contributed by atoms with Crippen LogP contribution in [0.3, 0.4) is 0 Å². The first-order valence-corrected chi connectivity index (χ1v) is 5.88. The predicted molar refractivity (Wildman–Crippen MR) is 61.9 cm³/mol. The van der Waals surface area contributed by atoms with Crippen molar-refractivity contribution in [1.29, 1.82) is 0 Å². The van der Waals surface area contributed by atoms with Gasteiger partial charge in [0.05, 0.1) is 6.61 Å². The van der Waals surface area contributed by atoms with Crippen molar-refractivity contribution < 1.29 is 19.4 Å². The minimum Gasteiger partial charge on any atom is -0.480 e. The molecule has 0 aliphatic carbocycles. The van der Waals surface area contributed by atoms with Crippen LogP contribution < -0.4 is 5.32 Å². The summed E-state index contributed by atoms with van der Waals surface area (Å²) >= 11 is 0. The Bertz CT molecular complexity index is 287. The fraction of sp³-hybridized carbons (Fsp3) is 0.818. The van der Waals surface area contributed by atoms with E-state index in [9.17, 15) is 9.59 Å². The summed E-state index contributed by atoms with van der Waals surface area (Å²) in [6, 6.07) is -0.331. The Labute approximate surface area is 101 Å². The molecule has 0 aromatic carbocycles. The Kier molecular flexibility index (Phi) is 4.74. The van der Waals surface area contributed by atoms with Gasteiger partial charge in [-0.15, -0.1) is 0 Å². The van der Waals surface area contributed by atoms with Gasteiger partial charge in [0.25, 0.3) is 0 Å². The average molecular weight is 244 g/mol. The molecule has 1 heterocycles. The number of hydrogen-bond acceptors (Lipinski definition) is 3. The molecule has 0 aromatic rings. The van der Waals surface area contributed by atoms with Crippen LogP contribution in [0.2, 0.25) is 0 Å². The summed E-state index contributed by atoms with van der Waals surface area (Å²) in [5, 5.41) is 11.6. The molecule has 6 nitrogen and oxygen atoms in total. The summed E-state index contributed by atoms with van der Waals surface area (Å²) in [7, 11) is 0. The number of aliphatic carboxylic acids is 1. The monoisotopic (exact) mass is 244 g/mol. The molecule has 1 rings (SSSR count).